The first-order valence-electron chi connectivity index (χ1n) is 8.25. The molecule has 1 amide bonds. The molecular formula is C17H27ClN2O4S. The molecule has 1 aromatic rings. The number of sulfone groups is 1. The summed E-state index contributed by atoms with van der Waals surface area (Å²) in [5, 5.41) is 3.17. The van der Waals surface area contributed by atoms with E-state index in [0.717, 1.165) is 32.5 Å². The normalized spacial score (nSPS) is 17.7. The van der Waals surface area contributed by atoms with Gasteiger partial charge in [-0.15, -0.1) is 12.4 Å². The van der Waals surface area contributed by atoms with Gasteiger partial charge in [-0.2, -0.15) is 0 Å². The van der Waals surface area contributed by atoms with Gasteiger partial charge in [0.05, 0.1) is 17.9 Å². The van der Waals surface area contributed by atoms with Crippen molar-refractivity contribution in [2.45, 2.75) is 24.2 Å². The molecule has 0 saturated carbocycles. The molecule has 8 heteroatoms. The van der Waals surface area contributed by atoms with Crippen molar-refractivity contribution < 1.29 is 17.9 Å². The topological polar surface area (TPSA) is 75.7 Å². The van der Waals surface area contributed by atoms with Gasteiger partial charge in [-0.05, 0) is 56.6 Å². The number of rotatable bonds is 7. The summed E-state index contributed by atoms with van der Waals surface area (Å²) in [6, 6.07) is 6.26. The Labute approximate surface area is 156 Å². The quantitative estimate of drug-likeness (QED) is 0.767. The predicted octanol–water partition coefficient (Wildman–Crippen LogP) is 1.74. The Hall–Kier alpha value is -1.31. The van der Waals surface area contributed by atoms with E-state index < -0.39 is 9.84 Å². The average molecular weight is 391 g/mol. The number of amides is 1. The molecule has 6 nitrogen and oxygen atoms in total. The van der Waals surface area contributed by atoms with E-state index in [0.29, 0.717) is 24.7 Å². The molecule has 0 aromatic heterocycles. The van der Waals surface area contributed by atoms with Crippen LogP contribution < -0.4 is 10.1 Å². The van der Waals surface area contributed by atoms with Gasteiger partial charge in [0.2, 0.25) is 5.91 Å². The summed E-state index contributed by atoms with van der Waals surface area (Å²) in [5.41, 5.74) is 0. The van der Waals surface area contributed by atoms with Crippen LogP contribution in [0.3, 0.4) is 0 Å². The van der Waals surface area contributed by atoms with Crippen LogP contribution in [0, 0.1) is 5.92 Å². The average Bonchev–Trinajstić information content (AvgIpc) is 2.55. The number of piperidine rings is 1. The van der Waals surface area contributed by atoms with Crippen LogP contribution in [0.4, 0.5) is 0 Å². The molecule has 25 heavy (non-hydrogen) atoms. The standard InChI is InChI=1S/C17H26N2O4S.ClH/c1-18-12-14-4-3-10-19(13-14)17(20)9-11-23-15-5-7-16(8-6-15)24(2,21)22;/h5-8,14,18H,3-4,9-13H2,1-2H3;1H. The Balaban J connectivity index is 0.00000312. The van der Waals surface area contributed by atoms with Crippen LogP contribution in [0.25, 0.3) is 0 Å². The summed E-state index contributed by atoms with van der Waals surface area (Å²) in [4.78, 5) is 14.4. The van der Waals surface area contributed by atoms with Gasteiger partial charge in [0, 0.05) is 19.3 Å². The number of benzene rings is 1. The zero-order valence-corrected chi connectivity index (χ0v) is 16.4. The molecule has 0 aliphatic carbocycles. The second-order valence-electron chi connectivity index (χ2n) is 6.25. The third-order valence-electron chi connectivity index (χ3n) is 4.20. The number of nitrogens with one attached hydrogen (secondary N) is 1. The highest BCUT2D eigenvalue weighted by Crippen LogP contribution is 2.18. The number of nitrogens with zero attached hydrogens (tertiary/aromatic N) is 1. The van der Waals surface area contributed by atoms with E-state index in [1.165, 1.54) is 18.4 Å². The first-order chi connectivity index (χ1) is 11.4. The highest BCUT2D eigenvalue weighted by molar-refractivity contribution is 7.90. The maximum Gasteiger partial charge on any atom is 0.226 e. The molecule has 1 heterocycles. The molecular weight excluding hydrogens is 364 g/mol. The maximum absolute atomic E-state index is 12.3. The van der Waals surface area contributed by atoms with Crippen molar-refractivity contribution >= 4 is 28.2 Å². The van der Waals surface area contributed by atoms with Crippen molar-refractivity contribution in [2.75, 3.05) is 39.5 Å². The van der Waals surface area contributed by atoms with E-state index in [1.54, 1.807) is 12.1 Å². The molecule has 1 fully saturated rings. The molecule has 1 unspecified atom stereocenters. The smallest absolute Gasteiger partial charge is 0.226 e. The number of halogens is 1. The van der Waals surface area contributed by atoms with E-state index >= 15 is 0 Å². The maximum atomic E-state index is 12.3. The Kier molecular flexibility index (Phi) is 8.68. The number of likely N-dealkylation sites (tertiary alicyclic amines) is 1. The summed E-state index contributed by atoms with van der Waals surface area (Å²) in [6.07, 6.45) is 3.71. The number of ether oxygens (including phenoxy) is 1. The van der Waals surface area contributed by atoms with Crippen molar-refractivity contribution in [1.29, 1.82) is 0 Å². The Morgan fingerprint density at radius 2 is 2.00 bits per heavy atom. The van der Waals surface area contributed by atoms with E-state index in [9.17, 15) is 13.2 Å². The van der Waals surface area contributed by atoms with Gasteiger partial charge < -0.3 is 15.0 Å². The third-order valence-corrected chi connectivity index (χ3v) is 5.33. The summed E-state index contributed by atoms with van der Waals surface area (Å²) in [5.74, 6) is 1.21. The number of hydrogen-bond acceptors (Lipinski definition) is 5. The second kappa shape index (κ2) is 9.99. The molecule has 1 atom stereocenters. The summed E-state index contributed by atoms with van der Waals surface area (Å²) >= 11 is 0. The first kappa shape index (κ1) is 21.7. The van der Waals surface area contributed by atoms with Gasteiger partial charge in [-0.1, -0.05) is 0 Å². The largest absolute Gasteiger partial charge is 0.493 e. The summed E-state index contributed by atoms with van der Waals surface area (Å²) in [6.45, 7) is 2.86. The lowest BCUT2D eigenvalue weighted by Crippen LogP contribution is -2.42. The van der Waals surface area contributed by atoms with Gasteiger partial charge in [0.1, 0.15) is 5.75 Å². The lowest BCUT2D eigenvalue weighted by Gasteiger charge is -2.32. The Morgan fingerprint density at radius 1 is 1.32 bits per heavy atom. The fourth-order valence-electron chi connectivity index (χ4n) is 2.94. The number of carbonyl (C=O) groups excluding carboxylic acids is 1. The van der Waals surface area contributed by atoms with Gasteiger partial charge in [0.25, 0.3) is 0 Å². The minimum atomic E-state index is -3.20. The molecule has 1 N–H and O–H groups in total. The summed E-state index contributed by atoms with van der Waals surface area (Å²) in [7, 11) is -1.27. The molecule has 1 saturated heterocycles. The molecule has 1 aromatic carbocycles. The summed E-state index contributed by atoms with van der Waals surface area (Å²) < 4.78 is 28.4. The van der Waals surface area contributed by atoms with Crippen LogP contribution in [0.2, 0.25) is 0 Å². The zero-order chi connectivity index (χ0) is 17.6. The number of carbonyl (C=O) groups is 1. The van der Waals surface area contributed by atoms with Crippen LogP contribution in [0.15, 0.2) is 29.2 Å². The monoisotopic (exact) mass is 390 g/mol. The van der Waals surface area contributed by atoms with Gasteiger partial charge in [0.15, 0.2) is 9.84 Å². The van der Waals surface area contributed by atoms with Crippen LogP contribution in [0.5, 0.6) is 5.75 Å². The first-order valence-corrected chi connectivity index (χ1v) is 10.1. The highest BCUT2D eigenvalue weighted by atomic mass is 35.5. The minimum absolute atomic E-state index is 0. The van der Waals surface area contributed by atoms with E-state index in [2.05, 4.69) is 5.32 Å². The lowest BCUT2D eigenvalue weighted by molar-refractivity contribution is -0.133. The van der Waals surface area contributed by atoms with Crippen LogP contribution in [-0.2, 0) is 14.6 Å². The Morgan fingerprint density at radius 3 is 2.60 bits per heavy atom. The highest BCUT2D eigenvalue weighted by Gasteiger charge is 2.22. The van der Waals surface area contributed by atoms with Gasteiger partial charge in [-0.25, -0.2) is 8.42 Å². The van der Waals surface area contributed by atoms with Crippen molar-refractivity contribution in [2.24, 2.45) is 5.92 Å². The molecule has 1 aliphatic rings. The predicted molar refractivity (Wildman–Crippen MR) is 100 cm³/mol. The molecule has 0 bridgehead atoms. The third kappa shape index (κ3) is 6.84. The number of hydrogen-bond donors (Lipinski definition) is 1. The van der Waals surface area contributed by atoms with Gasteiger partial charge in [-0.3, -0.25) is 4.79 Å². The minimum Gasteiger partial charge on any atom is -0.493 e. The molecule has 0 spiro atoms. The molecule has 142 valence electrons. The van der Waals surface area contributed by atoms with Crippen molar-refractivity contribution in [1.82, 2.24) is 10.2 Å². The van der Waals surface area contributed by atoms with E-state index in [-0.39, 0.29) is 23.2 Å². The van der Waals surface area contributed by atoms with Crippen LogP contribution >= 0.6 is 12.4 Å². The van der Waals surface area contributed by atoms with Crippen molar-refractivity contribution in [3.05, 3.63) is 24.3 Å². The van der Waals surface area contributed by atoms with Crippen molar-refractivity contribution in [3.63, 3.8) is 0 Å². The molecule has 1 aliphatic heterocycles. The lowest BCUT2D eigenvalue weighted by atomic mass is 9.98. The van der Waals surface area contributed by atoms with E-state index in [1.807, 2.05) is 11.9 Å². The van der Waals surface area contributed by atoms with E-state index in [4.69, 9.17) is 4.74 Å². The van der Waals surface area contributed by atoms with Crippen molar-refractivity contribution in [3.8, 4) is 5.75 Å². The fourth-order valence-corrected chi connectivity index (χ4v) is 3.57. The molecule has 0 radical (unpaired) electrons. The zero-order valence-electron chi connectivity index (χ0n) is 14.7. The second-order valence-corrected chi connectivity index (χ2v) is 8.26. The van der Waals surface area contributed by atoms with Crippen LogP contribution in [-0.4, -0.2) is 58.8 Å². The Bertz CT molecular complexity index is 647. The molecule has 2 rings (SSSR count). The fraction of sp³-hybridized carbons (Fsp3) is 0.588. The SMILES string of the molecule is CNCC1CCCN(C(=O)CCOc2ccc(S(C)(=O)=O)cc2)C1.Cl. The van der Waals surface area contributed by atoms with Crippen LogP contribution in [0.1, 0.15) is 19.3 Å². The van der Waals surface area contributed by atoms with Gasteiger partial charge >= 0.3 is 0 Å².